The van der Waals surface area contributed by atoms with E-state index in [4.69, 9.17) is 5.73 Å². The van der Waals surface area contributed by atoms with Gasteiger partial charge in [0.2, 0.25) is 0 Å². The van der Waals surface area contributed by atoms with Crippen LogP contribution >= 0.6 is 0 Å². The molecule has 9 heteroatoms. The molecule has 0 aromatic heterocycles. The minimum Gasteiger partial charge on any atom is -0.744 e. The quantitative estimate of drug-likeness (QED) is 0.259. The van der Waals surface area contributed by atoms with Crippen LogP contribution in [-0.2, 0) is 10.1 Å². The summed E-state index contributed by atoms with van der Waals surface area (Å²) in [6, 6.07) is 11.5. The highest BCUT2D eigenvalue weighted by Gasteiger charge is 2.35. The number of nitrogens with two attached hydrogens (primary N) is 1. The number of anilines is 3. The van der Waals surface area contributed by atoms with Gasteiger partial charge in [-0.15, -0.1) is 0 Å². The first-order chi connectivity index (χ1) is 14.1. The van der Waals surface area contributed by atoms with Crippen molar-refractivity contribution < 1.29 is 27.7 Å². The number of aryl methyl sites for hydroxylation is 1. The number of fused-ring (bicyclic) bond motifs is 2. The zero-order valence-electron chi connectivity index (χ0n) is 15.6. The van der Waals surface area contributed by atoms with E-state index in [1.165, 1.54) is 24.3 Å². The summed E-state index contributed by atoms with van der Waals surface area (Å²) in [6.07, 6.45) is 0. The van der Waals surface area contributed by atoms with E-state index in [0.717, 1.165) is 6.07 Å². The van der Waals surface area contributed by atoms with Gasteiger partial charge in [-0.05, 0) is 36.8 Å². The van der Waals surface area contributed by atoms with Gasteiger partial charge in [0.15, 0.2) is 11.6 Å². The summed E-state index contributed by atoms with van der Waals surface area (Å²) in [5.41, 5.74) is 6.00. The molecule has 1 aliphatic rings. The van der Waals surface area contributed by atoms with E-state index < -0.39 is 32.3 Å². The number of carbonyl (C=O) groups excluding carboxylic acids is 2. The summed E-state index contributed by atoms with van der Waals surface area (Å²) >= 11 is 0. The Kier molecular flexibility index (Phi) is 4.37. The third kappa shape index (κ3) is 3.00. The molecule has 0 amide bonds. The molecule has 0 bridgehead atoms. The first-order valence-corrected chi connectivity index (χ1v) is 10.2. The Bertz CT molecular complexity index is 1360. The monoisotopic (exact) mass is 423 g/mol. The van der Waals surface area contributed by atoms with E-state index in [9.17, 15) is 27.7 Å². The number of benzene rings is 3. The maximum Gasteiger partial charge on any atom is 0.196 e. The van der Waals surface area contributed by atoms with Crippen LogP contribution in [0.25, 0.3) is 0 Å². The highest BCUT2D eigenvalue weighted by atomic mass is 32.2. The predicted molar refractivity (Wildman–Crippen MR) is 108 cm³/mol. The molecule has 8 nitrogen and oxygen atoms in total. The van der Waals surface area contributed by atoms with Crippen LogP contribution in [0.15, 0.2) is 53.4 Å². The van der Waals surface area contributed by atoms with Crippen molar-refractivity contribution in [1.82, 2.24) is 0 Å². The number of carbonyl (C=O) groups is 2. The first-order valence-electron chi connectivity index (χ1n) is 8.77. The van der Waals surface area contributed by atoms with E-state index in [0.29, 0.717) is 11.3 Å². The van der Waals surface area contributed by atoms with Crippen molar-refractivity contribution in [3.05, 3.63) is 76.3 Å². The molecular weight excluding hydrogens is 408 g/mol. The molecular formula is C21H15N2O6S-. The van der Waals surface area contributed by atoms with Crippen molar-refractivity contribution in [1.29, 1.82) is 0 Å². The Hall–Kier alpha value is -3.69. The summed E-state index contributed by atoms with van der Waals surface area (Å²) in [5, 5.41) is 12.6. The maximum absolute atomic E-state index is 13.2. The molecule has 0 atom stereocenters. The van der Waals surface area contributed by atoms with Crippen molar-refractivity contribution in [2.75, 3.05) is 11.1 Å². The molecule has 0 fully saturated rings. The number of phenolic OH excluding ortho intramolecular Hbond substituents is 1. The fourth-order valence-corrected chi connectivity index (χ4v) is 4.12. The summed E-state index contributed by atoms with van der Waals surface area (Å²) in [7, 11) is -5.03. The van der Waals surface area contributed by atoms with Gasteiger partial charge in [-0.2, -0.15) is 0 Å². The fraction of sp³-hybridized carbons (Fsp3) is 0.0476. The van der Waals surface area contributed by atoms with Crippen LogP contribution in [0.5, 0.6) is 5.75 Å². The standard InChI is InChI=1S/C21H16N2O6S/c1-10-8-11(6-7-15(10)24)23-14-9-16(30(27,28)29)19(22)18-17(14)20(25)12-4-2-3-5-13(12)21(18)26/h2-9,23-24H,22H2,1H3,(H,27,28,29)/p-1. The Morgan fingerprint density at radius 1 is 0.967 bits per heavy atom. The summed E-state index contributed by atoms with van der Waals surface area (Å²) in [6.45, 7) is 1.65. The van der Waals surface area contributed by atoms with E-state index in [2.05, 4.69) is 5.32 Å². The molecule has 152 valence electrons. The second kappa shape index (κ2) is 6.68. The van der Waals surface area contributed by atoms with Crippen LogP contribution in [0.3, 0.4) is 0 Å². The molecule has 0 saturated heterocycles. The summed E-state index contributed by atoms with van der Waals surface area (Å²) < 4.78 is 35.4. The average molecular weight is 423 g/mol. The molecule has 30 heavy (non-hydrogen) atoms. The number of hydrogen-bond donors (Lipinski definition) is 3. The Morgan fingerprint density at radius 2 is 1.57 bits per heavy atom. The number of ketones is 2. The Morgan fingerprint density at radius 3 is 2.13 bits per heavy atom. The van der Waals surface area contributed by atoms with Crippen LogP contribution in [0.4, 0.5) is 17.1 Å². The Labute approximate surface area is 171 Å². The van der Waals surface area contributed by atoms with E-state index >= 15 is 0 Å². The van der Waals surface area contributed by atoms with Crippen LogP contribution < -0.4 is 11.1 Å². The lowest BCUT2D eigenvalue weighted by Crippen LogP contribution is -2.25. The average Bonchev–Trinajstić information content (AvgIpc) is 2.69. The number of nitrogens with one attached hydrogen (secondary N) is 1. The van der Waals surface area contributed by atoms with Gasteiger partial charge in [-0.3, -0.25) is 9.59 Å². The number of aromatic hydroxyl groups is 1. The second-order valence-electron chi connectivity index (χ2n) is 6.87. The molecule has 0 aliphatic heterocycles. The normalized spacial score (nSPS) is 13.0. The molecule has 4 rings (SSSR count). The lowest BCUT2D eigenvalue weighted by atomic mass is 9.82. The van der Waals surface area contributed by atoms with Gasteiger partial charge in [0.05, 0.1) is 27.4 Å². The zero-order chi connectivity index (χ0) is 21.8. The zero-order valence-corrected chi connectivity index (χ0v) is 16.4. The summed E-state index contributed by atoms with van der Waals surface area (Å²) in [5.74, 6) is -1.13. The van der Waals surface area contributed by atoms with E-state index in [1.807, 2.05) is 0 Å². The predicted octanol–water partition coefficient (Wildman–Crippen LogP) is 2.71. The van der Waals surface area contributed by atoms with Crippen molar-refractivity contribution >= 4 is 38.7 Å². The first kappa shape index (κ1) is 19.6. The lowest BCUT2D eigenvalue weighted by molar-refractivity contribution is 0.0980. The summed E-state index contributed by atoms with van der Waals surface area (Å²) in [4.78, 5) is 25.5. The minimum atomic E-state index is -5.03. The van der Waals surface area contributed by atoms with Crippen LogP contribution in [0.2, 0.25) is 0 Å². The molecule has 4 N–H and O–H groups in total. The number of phenols is 1. The van der Waals surface area contributed by atoms with E-state index in [1.54, 1.807) is 25.1 Å². The molecule has 0 spiro atoms. The van der Waals surface area contributed by atoms with Crippen molar-refractivity contribution in [3.8, 4) is 5.75 Å². The van der Waals surface area contributed by atoms with Gasteiger partial charge in [-0.1, -0.05) is 24.3 Å². The third-order valence-electron chi connectivity index (χ3n) is 4.95. The Balaban J connectivity index is 2.02. The van der Waals surface area contributed by atoms with Crippen molar-refractivity contribution in [2.45, 2.75) is 11.8 Å². The molecule has 3 aromatic rings. The van der Waals surface area contributed by atoms with Gasteiger partial charge in [0.25, 0.3) is 0 Å². The molecule has 0 saturated carbocycles. The van der Waals surface area contributed by atoms with Crippen LogP contribution in [0.1, 0.15) is 37.4 Å². The van der Waals surface area contributed by atoms with Gasteiger partial charge >= 0.3 is 0 Å². The van der Waals surface area contributed by atoms with Gasteiger partial charge in [0, 0.05) is 16.8 Å². The number of nitrogen functional groups attached to an aromatic ring is 1. The highest BCUT2D eigenvalue weighted by molar-refractivity contribution is 7.86. The molecule has 0 heterocycles. The topological polar surface area (TPSA) is 150 Å². The number of hydrogen-bond acceptors (Lipinski definition) is 8. The second-order valence-corrected chi connectivity index (χ2v) is 8.22. The van der Waals surface area contributed by atoms with Crippen molar-refractivity contribution in [3.63, 3.8) is 0 Å². The van der Waals surface area contributed by atoms with Crippen molar-refractivity contribution in [2.24, 2.45) is 0 Å². The van der Waals surface area contributed by atoms with Gasteiger partial charge in [-0.25, -0.2) is 8.42 Å². The third-order valence-corrected chi connectivity index (χ3v) is 5.82. The smallest absolute Gasteiger partial charge is 0.196 e. The van der Waals surface area contributed by atoms with Gasteiger partial charge in [0.1, 0.15) is 15.9 Å². The largest absolute Gasteiger partial charge is 0.744 e. The molecule has 3 aromatic carbocycles. The van der Waals surface area contributed by atoms with Gasteiger partial charge < -0.3 is 20.7 Å². The highest BCUT2D eigenvalue weighted by Crippen LogP contribution is 2.40. The molecule has 0 unspecified atom stereocenters. The maximum atomic E-state index is 13.2. The SMILES string of the molecule is Cc1cc(Nc2cc(S(=O)(=O)[O-])c(N)c3c2C(=O)c2ccccc2C3=O)ccc1O. The van der Waals surface area contributed by atoms with E-state index in [-0.39, 0.29) is 33.7 Å². The molecule has 1 aliphatic carbocycles. The minimum absolute atomic E-state index is 0.0443. The number of rotatable bonds is 3. The lowest BCUT2D eigenvalue weighted by Gasteiger charge is -2.25. The fourth-order valence-electron chi connectivity index (χ4n) is 3.49. The molecule has 0 radical (unpaired) electrons. The van der Waals surface area contributed by atoms with Crippen LogP contribution in [0, 0.1) is 6.92 Å². The van der Waals surface area contributed by atoms with Crippen LogP contribution in [-0.4, -0.2) is 29.6 Å².